The number of halogens is 1. The van der Waals surface area contributed by atoms with Gasteiger partial charge in [-0.2, -0.15) is 0 Å². The van der Waals surface area contributed by atoms with Crippen molar-refractivity contribution in [2.24, 2.45) is 4.99 Å². The predicted molar refractivity (Wildman–Crippen MR) is 108 cm³/mol. The summed E-state index contributed by atoms with van der Waals surface area (Å²) in [6.45, 7) is 3.18. The molecule has 0 saturated carbocycles. The minimum atomic E-state index is -0.305. The number of anilines is 1. The number of guanidine groups is 1. The highest BCUT2D eigenvalue weighted by molar-refractivity contribution is 5.79. The van der Waals surface area contributed by atoms with Gasteiger partial charge in [0.25, 0.3) is 0 Å². The number of benzene rings is 1. The highest BCUT2D eigenvalue weighted by atomic mass is 19.1. The fourth-order valence-electron chi connectivity index (χ4n) is 2.58. The molecule has 2 N–H and O–H groups in total. The molecule has 0 aliphatic heterocycles. The van der Waals surface area contributed by atoms with Crippen LogP contribution in [0.25, 0.3) is 0 Å². The van der Waals surface area contributed by atoms with Crippen LogP contribution in [-0.4, -0.2) is 44.7 Å². The molecule has 0 radical (unpaired) electrons. The summed E-state index contributed by atoms with van der Waals surface area (Å²) in [6, 6.07) is 10.1. The van der Waals surface area contributed by atoms with E-state index in [0.29, 0.717) is 24.8 Å². The van der Waals surface area contributed by atoms with Crippen molar-refractivity contribution in [2.45, 2.75) is 26.0 Å². The van der Waals surface area contributed by atoms with E-state index in [1.165, 1.54) is 12.1 Å². The van der Waals surface area contributed by atoms with Gasteiger partial charge in [-0.05, 0) is 24.6 Å². The van der Waals surface area contributed by atoms with E-state index in [2.05, 4.69) is 20.6 Å². The van der Waals surface area contributed by atoms with Gasteiger partial charge in [-0.1, -0.05) is 19.1 Å². The van der Waals surface area contributed by atoms with Crippen molar-refractivity contribution in [3.8, 4) is 5.75 Å². The molecular weight excluding hydrogens is 345 g/mol. The van der Waals surface area contributed by atoms with Gasteiger partial charge in [0.1, 0.15) is 23.5 Å². The number of pyridine rings is 1. The number of rotatable bonds is 8. The second-order valence-electron chi connectivity index (χ2n) is 6.29. The number of nitrogens with zero attached hydrogens (tertiary/aromatic N) is 3. The second-order valence-corrected chi connectivity index (χ2v) is 6.29. The fourth-order valence-corrected chi connectivity index (χ4v) is 2.58. The summed E-state index contributed by atoms with van der Waals surface area (Å²) >= 11 is 0. The molecule has 0 aliphatic carbocycles. The van der Waals surface area contributed by atoms with Crippen molar-refractivity contribution >= 4 is 11.8 Å². The molecule has 146 valence electrons. The van der Waals surface area contributed by atoms with Crippen LogP contribution in [0.2, 0.25) is 0 Å². The maximum atomic E-state index is 13.3. The molecule has 7 heteroatoms. The van der Waals surface area contributed by atoms with Crippen molar-refractivity contribution < 1.29 is 9.13 Å². The third-order valence-corrected chi connectivity index (χ3v) is 4.01. The average Bonchev–Trinajstić information content (AvgIpc) is 2.67. The first-order chi connectivity index (χ1) is 13.0. The summed E-state index contributed by atoms with van der Waals surface area (Å²) in [5, 5.41) is 6.55. The van der Waals surface area contributed by atoms with E-state index >= 15 is 0 Å². The van der Waals surface area contributed by atoms with Crippen LogP contribution < -0.4 is 20.3 Å². The van der Waals surface area contributed by atoms with Gasteiger partial charge >= 0.3 is 0 Å². The van der Waals surface area contributed by atoms with Gasteiger partial charge in [-0.3, -0.25) is 4.99 Å². The van der Waals surface area contributed by atoms with Crippen molar-refractivity contribution in [3.63, 3.8) is 0 Å². The van der Waals surface area contributed by atoms with E-state index in [4.69, 9.17) is 4.74 Å². The quantitative estimate of drug-likeness (QED) is 0.550. The van der Waals surface area contributed by atoms with Crippen LogP contribution in [0.5, 0.6) is 5.75 Å². The molecule has 6 nitrogen and oxygen atoms in total. The van der Waals surface area contributed by atoms with Crippen molar-refractivity contribution in [3.05, 3.63) is 54.0 Å². The zero-order valence-electron chi connectivity index (χ0n) is 16.4. The lowest BCUT2D eigenvalue weighted by Gasteiger charge is -2.21. The number of ether oxygens (including phenoxy) is 1. The van der Waals surface area contributed by atoms with E-state index in [1.807, 2.05) is 38.1 Å². The van der Waals surface area contributed by atoms with Gasteiger partial charge in [-0.25, -0.2) is 9.37 Å². The molecule has 0 amide bonds. The Bertz CT molecular complexity index is 751. The lowest BCUT2D eigenvalue weighted by atomic mass is 10.2. The highest BCUT2D eigenvalue weighted by Crippen LogP contribution is 2.15. The Morgan fingerprint density at radius 2 is 2.07 bits per heavy atom. The van der Waals surface area contributed by atoms with E-state index in [0.717, 1.165) is 17.8 Å². The molecule has 0 saturated heterocycles. The Labute approximate surface area is 160 Å². The molecule has 27 heavy (non-hydrogen) atoms. The Morgan fingerprint density at radius 1 is 1.26 bits per heavy atom. The molecular formula is C20H28FN5O. The summed E-state index contributed by atoms with van der Waals surface area (Å²) in [5.41, 5.74) is 1.08. The molecule has 2 rings (SSSR count). The van der Waals surface area contributed by atoms with Crippen LogP contribution in [0.3, 0.4) is 0 Å². The van der Waals surface area contributed by atoms with Crippen LogP contribution in [0.4, 0.5) is 10.2 Å². The number of hydrogen-bond donors (Lipinski definition) is 2. The molecule has 1 aromatic heterocycles. The first kappa shape index (κ1) is 20.5. The molecule has 0 fully saturated rings. The first-order valence-corrected chi connectivity index (χ1v) is 9.01. The van der Waals surface area contributed by atoms with E-state index in [-0.39, 0.29) is 11.9 Å². The van der Waals surface area contributed by atoms with Gasteiger partial charge in [-0.15, -0.1) is 0 Å². The zero-order valence-corrected chi connectivity index (χ0v) is 16.4. The maximum absolute atomic E-state index is 13.3. The molecule has 2 aromatic rings. The van der Waals surface area contributed by atoms with Crippen LogP contribution in [0.15, 0.2) is 47.6 Å². The smallest absolute Gasteiger partial charge is 0.191 e. The zero-order chi connectivity index (χ0) is 19.6. The molecule has 0 spiro atoms. The molecule has 1 atom stereocenters. The third kappa shape index (κ3) is 6.44. The largest absolute Gasteiger partial charge is 0.489 e. The van der Waals surface area contributed by atoms with Gasteiger partial charge in [0.15, 0.2) is 5.96 Å². The maximum Gasteiger partial charge on any atom is 0.191 e. The minimum Gasteiger partial charge on any atom is -0.489 e. The van der Waals surface area contributed by atoms with Crippen LogP contribution >= 0.6 is 0 Å². The monoisotopic (exact) mass is 373 g/mol. The Morgan fingerprint density at radius 3 is 2.74 bits per heavy atom. The van der Waals surface area contributed by atoms with Gasteiger partial charge in [0.2, 0.25) is 0 Å². The second kappa shape index (κ2) is 10.4. The molecule has 1 unspecified atom stereocenters. The van der Waals surface area contributed by atoms with Gasteiger partial charge in [0.05, 0.1) is 6.54 Å². The van der Waals surface area contributed by atoms with Gasteiger partial charge < -0.3 is 20.3 Å². The molecule has 1 heterocycles. The lowest BCUT2D eigenvalue weighted by Crippen LogP contribution is -2.42. The first-order valence-electron chi connectivity index (χ1n) is 9.01. The molecule has 0 bridgehead atoms. The Hall–Kier alpha value is -2.83. The van der Waals surface area contributed by atoms with Crippen molar-refractivity contribution in [1.82, 2.24) is 15.6 Å². The number of aromatic nitrogens is 1. The SMILES string of the molecule is CCC(CNC(=NC)NCc1cccnc1N(C)C)Oc1cccc(F)c1. The number of aliphatic imine (C=N–C) groups is 1. The summed E-state index contributed by atoms with van der Waals surface area (Å²) in [7, 11) is 5.66. The molecule has 1 aromatic carbocycles. The summed E-state index contributed by atoms with van der Waals surface area (Å²) in [5.74, 6) is 1.81. The van der Waals surface area contributed by atoms with Crippen molar-refractivity contribution in [2.75, 3.05) is 32.6 Å². The van der Waals surface area contributed by atoms with E-state index in [1.54, 1.807) is 25.4 Å². The van der Waals surface area contributed by atoms with E-state index < -0.39 is 0 Å². The Kier molecular flexibility index (Phi) is 7.85. The number of hydrogen-bond acceptors (Lipinski definition) is 4. The topological polar surface area (TPSA) is 61.8 Å². The molecule has 0 aliphatic rings. The number of nitrogens with one attached hydrogen (secondary N) is 2. The third-order valence-electron chi connectivity index (χ3n) is 4.01. The summed E-state index contributed by atoms with van der Waals surface area (Å²) < 4.78 is 19.2. The normalized spacial score (nSPS) is 12.4. The highest BCUT2D eigenvalue weighted by Gasteiger charge is 2.11. The Balaban J connectivity index is 1.89. The predicted octanol–water partition coefficient (Wildman–Crippen LogP) is 2.81. The minimum absolute atomic E-state index is 0.0962. The fraction of sp³-hybridized carbons (Fsp3) is 0.400. The van der Waals surface area contributed by atoms with E-state index in [9.17, 15) is 4.39 Å². The van der Waals surface area contributed by atoms with Crippen LogP contribution in [-0.2, 0) is 6.54 Å². The average molecular weight is 373 g/mol. The lowest BCUT2D eigenvalue weighted by molar-refractivity contribution is 0.199. The van der Waals surface area contributed by atoms with Crippen LogP contribution in [0.1, 0.15) is 18.9 Å². The van der Waals surface area contributed by atoms with Crippen molar-refractivity contribution in [1.29, 1.82) is 0 Å². The van der Waals surface area contributed by atoms with Gasteiger partial charge in [0, 0.05) is 45.5 Å². The standard InChI is InChI=1S/C20H28FN5O/c1-5-17(27-18-10-6-9-16(21)12-18)14-25-20(22-2)24-13-15-8-7-11-23-19(15)26(3)4/h6-12,17H,5,13-14H2,1-4H3,(H2,22,24,25). The summed E-state index contributed by atoms with van der Waals surface area (Å²) in [4.78, 5) is 10.6. The summed E-state index contributed by atoms with van der Waals surface area (Å²) in [6.07, 6.45) is 2.47. The van der Waals surface area contributed by atoms with Crippen LogP contribution in [0, 0.1) is 5.82 Å².